The van der Waals surface area contributed by atoms with Crippen molar-refractivity contribution in [2.75, 3.05) is 52.3 Å². The molecule has 1 heterocycles. The average Bonchev–Trinajstić information content (AvgIpc) is 3.01. The molecule has 122 valence electrons. The highest BCUT2D eigenvalue weighted by molar-refractivity contribution is 5.79. The molecule has 1 fully saturated rings. The van der Waals surface area contributed by atoms with Crippen molar-refractivity contribution < 1.29 is 9.53 Å². The van der Waals surface area contributed by atoms with Gasteiger partial charge in [-0.2, -0.15) is 0 Å². The van der Waals surface area contributed by atoms with E-state index in [9.17, 15) is 4.79 Å². The molecule has 0 aromatic heterocycles. The van der Waals surface area contributed by atoms with Gasteiger partial charge < -0.3 is 19.9 Å². The Morgan fingerprint density at radius 2 is 2.27 bits per heavy atom. The highest BCUT2D eigenvalue weighted by atomic mass is 16.5. The van der Waals surface area contributed by atoms with E-state index < -0.39 is 0 Å². The van der Waals surface area contributed by atoms with Gasteiger partial charge in [0.05, 0.1) is 19.2 Å². The molecule has 22 heavy (non-hydrogen) atoms. The maximum Gasteiger partial charge on any atom is 0.237 e. The number of nitrogens with zero attached hydrogens (tertiary/aromatic N) is 2. The number of carbonyl (C=O) groups excluding carboxylic acids is 1. The van der Waals surface area contributed by atoms with Gasteiger partial charge in [0.1, 0.15) is 0 Å². The van der Waals surface area contributed by atoms with Crippen LogP contribution in [0.25, 0.3) is 0 Å². The van der Waals surface area contributed by atoms with Crippen LogP contribution in [-0.2, 0) is 9.53 Å². The Hall–Kier alpha value is -1.59. The van der Waals surface area contributed by atoms with Gasteiger partial charge in [0.2, 0.25) is 5.91 Å². The second-order valence-corrected chi connectivity index (χ2v) is 5.90. The molecule has 5 nitrogen and oxygen atoms in total. The second-order valence-electron chi connectivity index (χ2n) is 5.90. The number of carbonyl (C=O) groups is 1. The zero-order chi connectivity index (χ0) is 15.9. The van der Waals surface area contributed by atoms with Crippen molar-refractivity contribution in [3.05, 3.63) is 29.8 Å². The number of hydrogen-bond acceptors (Lipinski definition) is 4. The Balaban J connectivity index is 2.00. The number of rotatable bonds is 7. The smallest absolute Gasteiger partial charge is 0.237 e. The van der Waals surface area contributed by atoms with Crippen molar-refractivity contribution in [3.8, 4) is 0 Å². The molecule has 2 rings (SSSR count). The lowest BCUT2D eigenvalue weighted by molar-refractivity contribution is -0.131. The highest BCUT2D eigenvalue weighted by Crippen LogP contribution is 2.33. The molecule has 1 amide bonds. The molecule has 0 bridgehead atoms. The van der Waals surface area contributed by atoms with E-state index in [0.29, 0.717) is 19.7 Å². The summed E-state index contributed by atoms with van der Waals surface area (Å²) < 4.78 is 4.98. The maximum absolute atomic E-state index is 12.4. The van der Waals surface area contributed by atoms with E-state index in [2.05, 4.69) is 34.5 Å². The van der Waals surface area contributed by atoms with Gasteiger partial charge in [0.15, 0.2) is 0 Å². The summed E-state index contributed by atoms with van der Waals surface area (Å²) >= 11 is 0. The Kier molecular flexibility index (Phi) is 6.21. The van der Waals surface area contributed by atoms with Crippen LogP contribution in [0.5, 0.6) is 0 Å². The van der Waals surface area contributed by atoms with Crippen LogP contribution in [0.2, 0.25) is 0 Å². The van der Waals surface area contributed by atoms with Crippen LogP contribution in [0.3, 0.4) is 0 Å². The number of ether oxygens (including phenoxy) is 1. The number of methoxy groups -OCH3 is 1. The third kappa shape index (κ3) is 4.21. The molecular weight excluding hydrogens is 278 g/mol. The number of amides is 1. The summed E-state index contributed by atoms with van der Waals surface area (Å²) in [5.74, 6) is 0.175. The van der Waals surface area contributed by atoms with Gasteiger partial charge in [0, 0.05) is 40.0 Å². The molecule has 1 unspecified atom stereocenters. The molecule has 0 saturated carbocycles. The topological polar surface area (TPSA) is 44.8 Å². The van der Waals surface area contributed by atoms with E-state index in [1.54, 1.807) is 7.11 Å². The van der Waals surface area contributed by atoms with E-state index in [4.69, 9.17) is 4.74 Å². The first-order valence-corrected chi connectivity index (χ1v) is 7.90. The zero-order valence-electron chi connectivity index (χ0n) is 13.8. The predicted octanol–water partition coefficient (Wildman–Crippen LogP) is 1.65. The van der Waals surface area contributed by atoms with Gasteiger partial charge in [0.25, 0.3) is 0 Å². The van der Waals surface area contributed by atoms with Crippen LogP contribution in [0.15, 0.2) is 24.3 Å². The lowest BCUT2D eigenvalue weighted by Gasteiger charge is -2.26. The van der Waals surface area contributed by atoms with Crippen molar-refractivity contribution in [3.63, 3.8) is 0 Å². The monoisotopic (exact) mass is 305 g/mol. The normalized spacial score (nSPS) is 17.8. The highest BCUT2D eigenvalue weighted by Gasteiger charge is 2.29. The summed E-state index contributed by atoms with van der Waals surface area (Å²) in [4.78, 5) is 16.5. The molecule has 0 aliphatic carbocycles. The molecule has 1 aliphatic heterocycles. The van der Waals surface area contributed by atoms with E-state index in [-0.39, 0.29) is 11.9 Å². The van der Waals surface area contributed by atoms with Gasteiger partial charge >= 0.3 is 0 Å². The average molecular weight is 305 g/mol. The van der Waals surface area contributed by atoms with Crippen molar-refractivity contribution in [1.29, 1.82) is 0 Å². The molecule has 1 saturated heterocycles. The fourth-order valence-electron chi connectivity index (χ4n) is 2.89. The summed E-state index contributed by atoms with van der Waals surface area (Å²) in [7, 11) is 5.74. The van der Waals surface area contributed by atoms with Gasteiger partial charge in [-0.05, 0) is 30.5 Å². The third-order valence-corrected chi connectivity index (χ3v) is 4.10. The SMILES string of the molecule is COCCNCC(=O)N1CCCC1c1cccc(N(C)C)c1. The van der Waals surface area contributed by atoms with Crippen molar-refractivity contribution in [2.45, 2.75) is 18.9 Å². The lowest BCUT2D eigenvalue weighted by atomic mass is 10.0. The van der Waals surface area contributed by atoms with Gasteiger partial charge in [-0.15, -0.1) is 0 Å². The van der Waals surface area contributed by atoms with Crippen LogP contribution in [0.4, 0.5) is 5.69 Å². The molecule has 1 aromatic rings. The summed E-state index contributed by atoms with van der Waals surface area (Å²) in [6.45, 7) is 2.56. The van der Waals surface area contributed by atoms with Gasteiger partial charge in [-0.25, -0.2) is 0 Å². The Labute approximate surface area is 133 Å². The van der Waals surface area contributed by atoms with Crippen LogP contribution in [0, 0.1) is 0 Å². The van der Waals surface area contributed by atoms with E-state index >= 15 is 0 Å². The first kappa shape index (κ1) is 16.8. The van der Waals surface area contributed by atoms with Crippen LogP contribution >= 0.6 is 0 Å². The molecule has 0 spiro atoms. The predicted molar refractivity (Wildman–Crippen MR) is 89.2 cm³/mol. The van der Waals surface area contributed by atoms with Crippen molar-refractivity contribution in [2.24, 2.45) is 0 Å². The van der Waals surface area contributed by atoms with Crippen molar-refractivity contribution in [1.82, 2.24) is 10.2 Å². The Morgan fingerprint density at radius 3 is 3.00 bits per heavy atom. The molecule has 1 aliphatic rings. The van der Waals surface area contributed by atoms with Gasteiger partial charge in [-0.1, -0.05) is 12.1 Å². The number of benzene rings is 1. The van der Waals surface area contributed by atoms with Gasteiger partial charge in [-0.3, -0.25) is 4.79 Å². The minimum Gasteiger partial charge on any atom is -0.383 e. The zero-order valence-corrected chi connectivity index (χ0v) is 13.8. The minimum absolute atomic E-state index is 0.175. The summed E-state index contributed by atoms with van der Waals surface area (Å²) in [5.41, 5.74) is 2.41. The fourth-order valence-corrected chi connectivity index (χ4v) is 2.89. The minimum atomic E-state index is 0.175. The number of anilines is 1. The number of hydrogen-bond donors (Lipinski definition) is 1. The first-order valence-electron chi connectivity index (χ1n) is 7.90. The van der Waals surface area contributed by atoms with Crippen LogP contribution in [0.1, 0.15) is 24.4 Å². The standard InChI is InChI=1S/C17H27N3O2/c1-19(2)15-7-4-6-14(12-15)16-8-5-10-20(16)17(21)13-18-9-11-22-3/h4,6-7,12,16,18H,5,8-11,13H2,1-3H3. The third-order valence-electron chi connectivity index (χ3n) is 4.10. The summed E-state index contributed by atoms with van der Waals surface area (Å²) in [5, 5.41) is 3.14. The lowest BCUT2D eigenvalue weighted by Crippen LogP contribution is -2.38. The maximum atomic E-state index is 12.4. The van der Waals surface area contributed by atoms with Crippen LogP contribution in [-0.4, -0.2) is 58.3 Å². The quantitative estimate of drug-likeness (QED) is 0.778. The molecule has 5 heteroatoms. The fraction of sp³-hybridized carbons (Fsp3) is 0.588. The molecule has 1 N–H and O–H groups in total. The Bertz CT molecular complexity index is 491. The summed E-state index contributed by atoms with van der Waals surface area (Å²) in [6, 6.07) is 8.69. The molecular formula is C17H27N3O2. The largest absolute Gasteiger partial charge is 0.383 e. The number of nitrogens with one attached hydrogen (secondary N) is 1. The Morgan fingerprint density at radius 1 is 1.45 bits per heavy atom. The number of likely N-dealkylation sites (tertiary alicyclic amines) is 1. The molecule has 1 atom stereocenters. The van der Waals surface area contributed by atoms with E-state index in [1.165, 1.54) is 11.3 Å². The second kappa shape index (κ2) is 8.15. The van der Waals surface area contributed by atoms with E-state index in [0.717, 1.165) is 19.4 Å². The first-order chi connectivity index (χ1) is 10.6. The van der Waals surface area contributed by atoms with E-state index in [1.807, 2.05) is 19.0 Å². The molecule has 1 aromatic carbocycles. The molecule has 0 radical (unpaired) electrons. The van der Waals surface area contributed by atoms with Crippen LogP contribution < -0.4 is 10.2 Å². The summed E-state index contributed by atoms with van der Waals surface area (Å²) in [6.07, 6.45) is 2.11. The van der Waals surface area contributed by atoms with Crippen molar-refractivity contribution >= 4 is 11.6 Å².